The molecular formula is C12H8ClFN2O. The number of rotatable bonds is 3. The molecule has 0 aliphatic rings. The van der Waals surface area contributed by atoms with E-state index in [2.05, 4.69) is 9.97 Å². The standard InChI is InChI=1S/C12H8ClFN2O/c13-12-6-10(15-7-16-12)5-11(17)8-1-3-9(14)4-2-8/h1-4,6-7H,5H2. The minimum Gasteiger partial charge on any atom is -0.294 e. The second-order valence-electron chi connectivity index (χ2n) is 3.44. The zero-order valence-electron chi connectivity index (χ0n) is 8.73. The molecule has 0 N–H and O–H groups in total. The highest BCUT2D eigenvalue weighted by Crippen LogP contribution is 2.09. The van der Waals surface area contributed by atoms with Crippen LogP contribution in [0, 0.1) is 5.82 Å². The number of halogens is 2. The summed E-state index contributed by atoms with van der Waals surface area (Å²) in [6, 6.07) is 6.92. The second-order valence-corrected chi connectivity index (χ2v) is 3.83. The minimum atomic E-state index is -0.369. The van der Waals surface area contributed by atoms with E-state index >= 15 is 0 Å². The zero-order valence-corrected chi connectivity index (χ0v) is 9.49. The molecule has 0 amide bonds. The van der Waals surface area contributed by atoms with E-state index in [-0.39, 0.29) is 18.0 Å². The van der Waals surface area contributed by atoms with Crippen molar-refractivity contribution in [2.24, 2.45) is 0 Å². The Labute approximate surface area is 102 Å². The van der Waals surface area contributed by atoms with Crippen molar-refractivity contribution in [1.82, 2.24) is 9.97 Å². The Bertz CT molecular complexity index is 542. The molecule has 2 rings (SSSR count). The number of carbonyl (C=O) groups is 1. The largest absolute Gasteiger partial charge is 0.294 e. The number of nitrogens with zero attached hydrogens (tertiary/aromatic N) is 2. The first kappa shape index (κ1) is 11.7. The van der Waals surface area contributed by atoms with Crippen molar-refractivity contribution in [2.75, 3.05) is 0 Å². The predicted octanol–water partition coefficient (Wildman–Crippen LogP) is 2.69. The van der Waals surface area contributed by atoms with Gasteiger partial charge in [0.2, 0.25) is 0 Å². The number of benzene rings is 1. The van der Waals surface area contributed by atoms with Crippen molar-refractivity contribution in [3.63, 3.8) is 0 Å². The van der Waals surface area contributed by atoms with Crippen LogP contribution in [0.2, 0.25) is 5.15 Å². The molecule has 0 aliphatic carbocycles. The molecule has 0 radical (unpaired) electrons. The summed E-state index contributed by atoms with van der Waals surface area (Å²) in [5.74, 6) is -0.508. The van der Waals surface area contributed by atoms with Gasteiger partial charge in [-0.2, -0.15) is 0 Å². The van der Waals surface area contributed by atoms with E-state index in [0.717, 1.165) is 0 Å². The monoisotopic (exact) mass is 250 g/mol. The molecular weight excluding hydrogens is 243 g/mol. The number of Topliss-reactive ketones (excluding diaryl/α,β-unsaturated/α-hetero) is 1. The predicted molar refractivity (Wildman–Crippen MR) is 61.5 cm³/mol. The highest BCUT2D eigenvalue weighted by molar-refractivity contribution is 6.29. The van der Waals surface area contributed by atoms with Gasteiger partial charge in [-0.15, -0.1) is 0 Å². The Hall–Kier alpha value is -1.81. The Balaban J connectivity index is 2.14. The van der Waals surface area contributed by atoms with Gasteiger partial charge >= 0.3 is 0 Å². The van der Waals surface area contributed by atoms with E-state index in [4.69, 9.17) is 11.6 Å². The highest BCUT2D eigenvalue weighted by Gasteiger charge is 2.08. The van der Waals surface area contributed by atoms with Crippen LogP contribution in [-0.4, -0.2) is 15.8 Å². The lowest BCUT2D eigenvalue weighted by Gasteiger charge is -2.01. The van der Waals surface area contributed by atoms with E-state index in [1.165, 1.54) is 36.7 Å². The van der Waals surface area contributed by atoms with Gasteiger partial charge in [0.15, 0.2) is 5.78 Å². The Morgan fingerprint density at radius 3 is 2.59 bits per heavy atom. The Morgan fingerprint density at radius 1 is 1.24 bits per heavy atom. The molecule has 0 aliphatic heterocycles. The highest BCUT2D eigenvalue weighted by atomic mass is 35.5. The Kier molecular flexibility index (Phi) is 3.44. The van der Waals surface area contributed by atoms with E-state index in [0.29, 0.717) is 16.4 Å². The number of hydrogen-bond acceptors (Lipinski definition) is 3. The van der Waals surface area contributed by atoms with Gasteiger partial charge in [0.05, 0.1) is 12.1 Å². The first-order valence-electron chi connectivity index (χ1n) is 4.90. The van der Waals surface area contributed by atoms with Gasteiger partial charge in [0.25, 0.3) is 0 Å². The molecule has 0 bridgehead atoms. The maximum absolute atomic E-state index is 12.7. The molecule has 1 heterocycles. The van der Waals surface area contributed by atoms with Gasteiger partial charge < -0.3 is 0 Å². The fourth-order valence-corrected chi connectivity index (χ4v) is 1.54. The number of carbonyl (C=O) groups excluding carboxylic acids is 1. The molecule has 3 nitrogen and oxygen atoms in total. The third kappa shape index (κ3) is 3.07. The van der Waals surface area contributed by atoms with Crippen molar-refractivity contribution in [3.05, 3.63) is 58.9 Å². The SMILES string of the molecule is O=C(Cc1cc(Cl)ncn1)c1ccc(F)cc1. The van der Waals surface area contributed by atoms with Crippen molar-refractivity contribution in [2.45, 2.75) is 6.42 Å². The topological polar surface area (TPSA) is 42.9 Å². The normalized spacial score (nSPS) is 10.2. The van der Waals surface area contributed by atoms with Crippen LogP contribution in [0.25, 0.3) is 0 Å². The minimum absolute atomic E-state index is 0.119. The van der Waals surface area contributed by atoms with Gasteiger partial charge in [0.1, 0.15) is 17.3 Å². The van der Waals surface area contributed by atoms with E-state index in [1.54, 1.807) is 0 Å². The molecule has 2 aromatic rings. The summed E-state index contributed by atoms with van der Waals surface area (Å²) in [5, 5.41) is 0.293. The first-order valence-corrected chi connectivity index (χ1v) is 5.28. The molecule has 1 aromatic heterocycles. The van der Waals surface area contributed by atoms with Crippen LogP contribution < -0.4 is 0 Å². The number of ketones is 1. The van der Waals surface area contributed by atoms with Gasteiger partial charge in [-0.1, -0.05) is 11.6 Å². The summed E-state index contributed by atoms with van der Waals surface area (Å²) in [6.07, 6.45) is 1.42. The van der Waals surface area contributed by atoms with Gasteiger partial charge in [-0.25, -0.2) is 14.4 Å². The van der Waals surface area contributed by atoms with E-state index in [9.17, 15) is 9.18 Å². The average Bonchev–Trinajstić information content (AvgIpc) is 2.29. The van der Waals surface area contributed by atoms with Crippen LogP contribution in [0.1, 0.15) is 16.1 Å². The number of aromatic nitrogens is 2. The summed E-state index contributed by atoms with van der Waals surface area (Å²) in [7, 11) is 0. The zero-order chi connectivity index (χ0) is 12.3. The summed E-state index contributed by atoms with van der Waals surface area (Å²) in [5.41, 5.74) is 0.987. The lowest BCUT2D eigenvalue weighted by molar-refractivity contribution is 0.0992. The molecule has 0 fully saturated rings. The average molecular weight is 251 g/mol. The maximum Gasteiger partial charge on any atom is 0.168 e. The fraction of sp³-hybridized carbons (Fsp3) is 0.0833. The Morgan fingerprint density at radius 2 is 1.94 bits per heavy atom. The molecule has 1 aromatic carbocycles. The fourth-order valence-electron chi connectivity index (χ4n) is 1.37. The lowest BCUT2D eigenvalue weighted by atomic mass is 10.1. The summed E-state index contributed by atoms with van der Waals surface area (Å²) >= 11 is 5.68. The second kappa shape index (κ2) is 5.01. The van der Waals surface area contributed by atoms with Crippen LogP contribution >= 0.6 is 11.6 Å². The van der Waals surface area contributed by atoms with E-state index < -0.39 is 0 Å². The summed E-state index contributed by atoms with van der Waals surface area (Å²) in [4.78, 5) is 19.5. The molecule has 0 unspecified atom stereocenters. The number of hydrogen-bond donors (Lipinski definition) is 0. The van der Waals surface area contributed by atoms with E-state index in [1.807, 2.05) is 0 Å². The van der Waals surface area contributed by atoms with Crippen molar-refractivity contribution < 1.29 is 9.18 Å². The maximum atomic E-state index is 12.7. The van der Waals surface area contributed by atoms with Gasteiger partial charge in [-0.3, -0.25) is 4.79 Å². The summed E-state index contributed by atoms with van der Waals surface area (Å²) in [6.45, 7) is 0. The lowest BCUT2D eigenvalue weighted by Crippen LogP contribution is -2.05. The van der Waals surface area contributed by atoms with Crippen molar-refractivity contribution in [1.29, 1.82) is 0 Å². The third-order valence-electron chi connectivity index (χ3n) is 2.20. The molecule has 5 heteroatoms. The third-order valence-corrected chi connectivity index (χ3v) is 2.40. The van der Waals surface area contributed by atoms with Crippen molar-refractivity contribution >= 4 is 17.4 Å². The molecule has 0 saturated carbocycles. The quantitative estimate of drug-likeness (QED) is 0.621. The van der Waals surface area contributed by atoms with Crippen LogP contribution in [0.5, 0.6) is 0 Å². The smallest absolute Gasteiger partial charge is 0.168 e. The van der Waals surface area contributed by atoms with Gasteiger partial charge in [0, 0.05) is 5.56 Å². The first-order chi connectivity index (χ1) is 8.15. The van der Waals surface area contributed by atoms with Gasteiger partial charge in [-0.05, 0) is 30.3 Å². The summed E-state index contributed by atoms with van der Waals surface area (Å²) < 4.78 is 12.7. The van der Waals surface area contributed by atoms with Crippen LogP contribution in [0.15, 0.2) is 36.7 Å². The molecule has 0 atom stereocenters. The van der Waals surface area contributed by atoms with Crippen LogP contribution in [-0.2, 0) is 6.42 Å². The molecule has 86 valence electrons. The van der Waals surface area contributed by atoms with Crippen LogP contribution in [0.4, 0.5) is 4.39 Å². The van der Waals surface area contributed by atoms with Crippen molar-refractivity contribution in [3.8, 4) is 0 Å². The molecule has 17 heavy (non-hydrogen) atoms. The molecule has 0 saturated heterocycles. The van der Waals surface area contributed by atoms with Crippen LogP contribution in [0.3, 0.4) is 0 Å². The molecule has 0 spiro atoms.